The van der Waals surface area contributed by atoms with E-state index in [2.05, 4.69) is 10.6 Å². The monoisotopic (exact) mass is 286 g/mol. The topological polar surface area (TPSA) is 116 Å². The van der Waals surface area contributed by atoms with Crippen LogP contribution in [0.1, 0.15) is 10.4 Å². The second-order valence-electron chi connectivity index (χ2n) is 3.70. The summed E-state index contributed by atoms with van der Waals surface area (Å²) in [6.07, 6.45) is 1.53. The molecule has 1 aromatic rings. The van der Waals surface area contributed by atoms with Crippen LogP contribution in [0.15, 0.2) is 18.2 Å². The number of nitrogens with one attached hydrogen (secondary N) is 2. The van der Waals surface area contributed by atoms with Crippen LogP contribution in [-0.4, -0.2) is 45.0 Å². The summed E-state index contributed by atoms with van der Waals surface area (Å²) in [5.74, 6) is -1.33. The molecule has 0 aromatic heterocycles. The molecular formula is C11H14N2O5S. The number of carbonyl (C=O) groups excluding carboxylic acids is 1. The van der Waals surface area contributed by atoms with E-state index in [0.29, 0.717) is 5.75 Å². The van der Waals surface area contributed by atoms with Crippen LogP contribution in [0.5, 0.6) is 5.75 Å². The van der Waals surface area contributed by atoms with Crippen LogP contribution >= 0.6 is 0 Å². The average molecular weight is 286 g/mol. The molecule has 1 aromatic carbocycles. The molecule has 4 N–H and O–H groups in total. The number of hydrogen-bond acceptors (Lipinski definition) is 4. The number of benzene rings is 1. The summed E-state index contributed by atoms with van der Waals surface area (Å²) < 4.78 is 10.8. The van der Waals surface area contributed by atoms with Gasteiger partial charge < -0.3 is 20.8 Å². The Kier molecular flexibility index (Phi) is 5.31. The first-order valence-electron chi connectivity index (χ1n) is 5.31. The third-order valence-corrected chi connectivity index (χ3v) is 2.94. The lowest BCUT2D eigenvalue weighted by Crippen LogP contribution is -2.31. The second kappa shape index (κ2) is 6.74. The van der Waals surface area contributed by atoms with Crippen LogP contribution in [0.4, 0.5) is 10.5 Å². The fourth-order valence-electron chi connectivity index (χ4n) is 1.27. The van der Waals surface area contributed by atoms with Crippen LogP contribution in [-0.2, 0) is 10.8 Å². The van der Waals surface area contributed by atoms with Crippen LogP contribution < -0.4 is 10.6 Å². The summed E-state index contributed by atoms with van der Waals surface area (Å²) in [6.45, 7) is 0.249. The van der Waals surface area contributed by atoms with Crippen LogP contribution in [0, 0.1) is 0 Å². The van der Waals surface area contributed by atoms with Crippen molar-refractivity contribution >= 4 is 28.5 Å². The second-order valence-corrected chi connectivity index (χ2v) is 5.25. The highest BCUT2D eigenvalue weighted by molar-refractivity contribution is 7.84. The van der Waals surface area contributed by atoms with E-state index < -0.39 is 22.8 Å². The Balaban J connectivity index is 2.62. The fourth-order valence-corrected chi connectivity index (χ4v) is 1.66. The molecule has 0 spiro atoms. The summed E-state index contributed by atoms with van der Waals surface area (Å²) in [4.78, 5) is 22.2. The van der Waals surface area contributed by atoms with Gasteiger partial charge in [-0.25, -0.2) is 9.59 Å². The van der Waals surface area contributed by atoms with Crippen molar-refractivity contribution in [2.75, 3.05) is 23.9 Å². The Morgan fingerprint density at radius 2 is 2.05 bits per heavy atom. The Hall–Kier alpha value is -2.09. The number of phenols is 1. The van der Waals surface area contributed by atoms with Gasteiger partial charge in [0.15, 0.2) is 0 Å². The van der Waals surface area contributed by atoms with Crippen molar-refractivity contribution in [3.8, 4) is 5.75 Å². The van der Waals surface area contributed by atoms with Gasteiger partial charge in [0.1, 0.15) is 11.3 Å². The number of rotatable bonds is 5. The van der Waals surface area contributed by atoms with Gasteiger partial charge in [-0.15, -0.1) is 0 Å². The maximum absolute atomic E-state index is 11.4. The minimum atomic E-state index is -1.29. The molecule has 0 saturated heterocycles. The van der Waals surface area contributed by atoms with E-state index in [9.17, 15) is 18.9 Å². The van der Waals surface area contributed by atoms with Crippen molar-refractivity contribution in [1.82, 2.24) is 5.32 Å². The number of urea groups is 1. The summed E-state index contributed by atoms with van der Waals surface area (Å²) in [5.41, 5.74) is -0.0576. The van der Waals surface area contributed by atoms with Gasteiger partial charge in [0.2, 0.25) is 0 Å². The Morgan fingerprint density at radius 3 is 2.63 bits per heavy atom. The lowest BCUT2D eigenvalue weighted by molar-refractivity contribution is 0.0693. The zero-order valence-electron chi connectivity index (χ0n) is 10.2. The predicted octanol–water partition coefficient (Wildman–Crippen LogP) is 0.590. The number of hydrogen-bond donors (Lipinski definition) is 4. The van der Waals surface area contributed by atoms with E-state index in [-0.39, 0.29) is 23.5 Å². The third kappa shape index (κ3) is 4.96. The van der Waals surface area contributed by atoms with Gasteiger partial charge in [-0.3, -0.25) is 4.21 Å². The van der Waals surface area contributed by atoms with Gasteiger partial charge in [-0.05, 0) is 18.2 Å². The normalized spacial score (nSPS) is 11.6. The highest BCUT2D eigenvalue weighted by Gasteiger charge is 2.11. The molecule has 0 aliphatic heterocycles. The van der Waals surface area contributed by atoms with Crippen LogP contribution in [0.25, 0.3) is 0 Å². The molecule has 0 saturated carbocycles. The molecule has 2 amide bonds. The fraction of sp³-hybridized carbons (Fsp3) is 0.273. The van der Waals surface area contributed by atoms with Crippen molar-refractivity contribution in [1.29, 1.82) is 0 Å². The zero-order valence-corrected chi connectivity index (χ0v) is 11.0. The maximum atomic E-state index is 11.4. The van der Waals surface area contributed by atoms with Gasteiger partial charge in [0.25, 0.3) is 0 Å². The van der Waals surface area contributed by atoms with Crippen LogP contribution in [0.3, 0.4) is 0 Å². The van der Waals surface area contributed by atoms with E-state index >= 15 is 0 Å². The number of anilines is 1. The lowest BCUT2D eigenvalue weighted by atomic mass is 10.2. The van der Waals surface area contributed by atoms with Crippen molar-refractivity contribution < 1.29 is 24.0 Å². The average Bonchev–Trinajstić information content (AvgIpc) is 2.30. The first kappa shape index (κ1) is 15.0. The predicted molar refractivity (Wildman–Crippen MR) is 71.0 cm³/mol. The molecule has 7 nitrogen and oxygen atoms in total. The number of aromatic hydroxyl groups is 1. The zero-order chi connectivity index (χ0) is 14.4. The highest BCUT2D eigenvalue weighted by Crippen LogP contribution is 2.21. The molecular weight excluding hydrogens is 272 g/mol. The van der Waals surface area contributed by atoms with Crippen molar-refractivity contribution in [3.63, 3.8) is 0 Å². The van der Waals surface area contributed by atoms with Crippen molar-refractivity contribution in [2.24, 2.45) is 0 Å². The smallest absolute Gasteiger partial charge is 0.339 e. The number of aromatic carboxylic acids is 1. The quantitative estimate of drug-likeness (QED) is 0.591. The summed E-state index contributed by atoms with van der Waals surface area (Å²) >= 11 is 0. The first-order chi connectivity index (χ1) is 8.90. The summed E-state index contributed by atoms with van der Waals surface area (Å²) in [5, 5.41) is 23.0. The largest absolute Gasteiger partial charge is 0.507 e. The minimum absolute atomic E-state index is 0.241. The standard InChI is InChI=1S/C11H14N2O5S/c1-19(18)5-4-12-11(17)13-7-2-3-9(14)8(6-7)10(15)16/h2-3,6,14H,4-5H2,1H3,(H,15,16)(H2,12,13,17). The Bertz CT molecular complexity index is 518. The number of carbonyl (C=O) groups is 2. The maximum Gasteiger partial charge on any atom is 0.339 e. The molecule has 0 radical (unpaired) electrons. The third-order valence-electron chi connectivity index (χ3n) is 2.16. The number of carboxylic acids is 1. The molecule has 0 heterocycles. The van der Waals surface area contributed by atoms with Crippen molar-refractivity contribution in [2.45, 2.75) is 0 Å². The molecule has 0 aliphatic carbocycles. The summed E-state index contributed by atoms with van der Waals surface area (Å²) in [6, 6.07) is 3.17. The van der Waals surface area contributed by atoms with E-state index in [1.165, 1.54) is 18.4 Å². The minimum Gasteiger partial charge on any atom is -0.507 e. The molecule has 0 aliphatic rings. The SMILES string of the molecule is CS(=O)CCNC(=O)Nc1ccc(O)c(C(=O)O)c1. The van der Waals surface area contributed by atoms with E-state index in [4.69, 9.17) is 5.11 Å². The van der Waals surface area contributed by atoms with Gasteiger partial charge in [-0.2, -0.15) is 0 Å². The molecule has 104 valence electrons. The molecule has 19 heavy (non-hydrogen) atoms. The Morgan fingerprint density at radius 1 is 1.37 bits per heavy atom. The summed E-state index contributed by atoms with van der Waals surface area (Å²) in [7, 11) is -0.995. The van der Waals surface area contributed by atoms with E-state index in [0.717, 1.165) is 6.07 Å². The Labute approximate surface area is 112 Å². The molecule has 0 bridgehead atoms. The molecule has 0 fully saturated rings. The molecule has 1 rings (SSSR count). The molecule has 1 unspecified atom stereocenters. The van der Waals surface area contributed by atoms with Gasteiger partial charge in [0, 0.05) is 35.0 Å². The van der Waals surface area contributed by atoms with Crippen molar-refractivity contribution in [3.05, 3.63) is 23.8 Å². The van der Waals surface area contributed by atoms with E-state index in [1.54, 1.807) is 0 Å². The molecule has 1 atom stereocenters. The lowest BCUT2D eigenvalue weighted by Gasteiger charge is -2.08. The number of carboxylic acid groups (broad SMARTS) is 1. The van der Waals surface area contributed by atoms with Crippen LogP contribution in [0.2, 0.25) is 0 Å². The van der Waals surface area contributed by atoms with Gasteiger partial charge in [-0.1, -0.05) is 0 Å². The molecule has 8 heteroatoms. The first-order valence-corrected chi connectivity index (χ1v) is 7.04. The van der Waals surface area contributed by atoms with E-state index in [1.807, 2.05) is 0 Å². The van der Waals surface area contributed by atoms with Gasteiger partial charge in [0.05, 0.1) is 0 Å². The highest BCUT2D eigenvalue weighted by atomic mass is 32.2. The van der Waals surface area contributed by atoms with Gasteiger partial charge >= 0.3 is 12.0 Å². The number of amides is 2.